The molecule has 2 N–H and O–H groups in total. The molecule has 2 aliphatic rings. The van der Waals surface area contributed by atoms with Crippen molar-refractivity contribution in [3.05, 3.63) is 23.9 Å². The molecule has 1 unspecified atom stereocenters. The third-order valence-corrected chi connectivity index (χ3v) is 4.94. The summed E-state index contributed by atoms with van der Waals surface area (Å²) in [6.45, 7) is 4.67. The van der Waals surface area contributed by atoms with Crippen LogP contribution in [0, 0.1) is 0 Å². The maximum atomic E-state index is 5.63. The van der Waals surface area contributed by atoms with Gasteiger partial charge in [-0.05, 0) is 37.3 Å². The van der Waals surface area contributed by atoms with E-state index in [0.29, 0.717) is 6.10 Å². The van der Waals surface area contributed by atoms with E-state index < -0.39 is 0 Å². The highest BCUT2D eigenvalue weighted by atomic mass is 16.5. The Hall–Kier alpha value is -1.82. The number of pyridine rings is 1. The van der Waals surface area contributed by atoms with Gasteiger partial charge in [0.2, 0.25) is 0 Å². The average Bonchev–Trinajstić information content (AvgIpc) is 3.03. The van der Waals surface area contributed by atoms with Crippen molar-refractivity contribution in [2.24, 2.45) is 4.99 Å². The number of rotatable bonds is 5. The van der Waals surface area contributed by atoms with E-state index in [-0.39, 0.29) is 0 Å². The summed E-state index contributed by atoms with van der Waals surface area (Å²) in [6.07, 6.45) is 9.82. The largest absolute Gasteiger partial charge is 0.376 e. The first-order chi connectivity index (χ1) is 12.3. The number of aliphatic imine (C=N–C) groups is 1. The lowest BCUT2D eigenvalue weighted by atomic mass is 10.2. The smallest absolute Gasteiger partial charge is 0.191 e. The van der Waals surface area contributed by atoms with Gasteiger partial charge in [0.1, 0.15) is 5.82 Å². The summed E-state index contributed by atoms with van der Waals surface area (Å²) in [5.74, 6) is 1.92. The van der Waals surface area contributed by atoms with Crippen LogP contribution >= 0.6 is 0 Å². The predicted octanol–water partition coefficient (Wildman–Crippen LogP) is 2.31. The summed E-state index contributed by atoms with van der Waals surface area (Å²) in [4.78, 5) is 11.3. The van der Waals surface area contributed by atoms with Crippen molar-refractivity contribution in [1.29, 1.82) is 0 Å². The standard InChI is InChI=1S/C19H31N5O/c1-20-19(23-15-17-7-6-12-25-17)22-14-16-8-9-18(21-13-16)24-10-4-2-3-5-11-24/h8-9,13,17H,2-7,10-12,14-15H2,1H3,(H2,20,22,23). The number of ether oxygens (including phenoxy) is 1. The van der Waals surface area contributed by atoms with Crippen LogP contribution in [0.25, 0.3) is 0 Å². The molecule has 2 aliphatic heterocycles. The molecule has 138 valence electrons. The molecule has 0 radical (unpaired) electrons. The van der Waals surface area contributed by atoms with Crippen LogP contribution in [0.15, 0.2) is 23.3 Å². The van der Waals surface area contributed by atoms with Crippen molar-refractivity contribution in [3.63, 3.8) is 0 Å². The van der Waals surface area contributed by atoms with E-state index in [0.717, 1.165) is 57.4 Å². The number of hydrogen-bond donors (Lipinski definition) is 2. The van der Waals surface area contributed by atoms with E-state index in [4.69, 9.17) is 4.74 Å². The molecule has 3 rings (SSSR count). The average molecular weight is 345 g/mol. The first-order valence-corrected chi connectivity index (χ1v) is 9.61. The zero-order valence-electron chi connectivity index (χ0n) is 15.3. The lowest BCUT2D eigenvalue weighted by molar-refractivity contribution is 0.114. The first-order valence-electron chi connectivity index (χ1n) is 9.61. The van der Waals surface area contributed by atoms with Crippen molar-refractivity contribution in [1.82, 2.24) is 15.6 Å². The minimum Gasteiger partial charge on any atom is -0.376 e. The Morgan fingerprint density at radius 2 is 2.04 bits per heavy atom. The van der Waals surface area contributed by atoms with Crippen LogP contribution in [-0.4, -0.2) is 50.3 Å². The Bertz CT molecular complexity index is 531. The van der Waals surface area contributed by atoms with Gasteiger partial charge in [0.05, 0.1) is 6.10 Å². The van der Waals surface area contributed by atoms with Crippen LogP contribution in [0.4, 0.5) is 5.82 Å². The molecule has 2 fully saturated rings. The third-order valence-electron chi connectivity index (χ3n) is 4.94. The van der Waals surface area contributed by atoms with E-state index in [1.54, 1.807) is 7.05 Å². The van der Waals surface area contributed by atoms with E-state index in [1.165, 1.54) is 31.2 Å². The van der Waals surface area contributed by atoms with Gasteiger partial charge in [-0.15, -0.1) is 0 Å². The fourth-order valence-electron chi connectivity index (χ4n) is 3.43. The maximum absolute atomic E-state index is 5.63. The number of nitrogens with one attached hydrogen (secondary N) is 2. The van der Waals surface area contributed by atoms with Gasteiger partial charge in [0.25, 0.3) is 0 Å². The molecule has 0 aromatic carbocycles. The van der Waals surface area contributed by atoms with Crippen LogP contribution in [0.1, 0.15) is 44.1 Å². The molecule has 0 aliphatic carbocycles. The fourth-order valence-corrected chi connectivity index (χ4v) is 3.43. The quantitative estimate of drug-likeness (QED) is 0.633. The van der Waals surface area contributed by atoms with Crippen molar-refractivity contribution < 1.29 is 4.74 Å². The van der Waals surface area contributed by atoms with Crippen molar-refractivity contribution in [2.45, 2.75) is 51.2 Å². The molecular weight excluding hydrogens is 314 g/mol. The van der Waals surface area contributed by atoms with Crippen LogP contribution < -0.4 is 15.5 Å². The zero-order chi connectivity index (χ0) is 17.3. The molecule has 0 bridgehead atoms. The summed E-state index contributed by atoms with van der Waals surface area (Å²) >= 11 is 0. The van der Waals surface area contributed by atoms with E-state index >= 15 is 0 Å². The third kappa shape index (κ3) is 5.59. The highest BCUT2D eigenvalue weighted by Crippen LogP contribution is 2.17. The molecule has 3 heterocycles. The second-order valence-corrected chi connectivity index (χ2v) is 6.87. The Kier molecular flexibility index (Phi) is 6.91. The molecule has 2 saturated heterocycles. The summed E-state index contributed by atoms with van der Waals surface area (Å²) in [5.41, 5.74) is 1.17. The Morgan fingerprint density at radius 3 is 2.68 bits per heavy atom. The second-order valence-electron chi connectivity index (χ2n) is 6.87. The zero-order valence-corrected chi connectivity index (χ0v) is 15.3. The van der Waals surface area contributed by atoms with E-state index in [1.807, 2.05) is 6.20 Å². The SMILES string of the molecule is CN=C(NCc1ccc(N2CCCCCC2)nc1)NCC1CCCO1. The van der Waals surface area contributed by atoms with Gasteiger partial charge in [-0.2, -0.15) is 0 Å². The summed E-state index contributed by atoms with van der Waals surface area (Å²) in [5, 5.41) is 6.69. The normalized spacial score (nSPS) is 21.9. The van der Waals surface area contributed by atoms with Gasteiger partial charge in [0, 0.05) is 46.0 Å². The van der Waals surface area contributed by atoms with Crippen LogP contribution in [-0.2, 0) is 11.3 Å². The molecule has 6 nitrogen and oxygen atoms in total. The Labute approximate surface area is 151 Å². The van der Waals surface area contributed by atoms with Crippen molar-refractivity contribution >= 4 is 11.8 Å². The van der Waals surface area contributed by atoms with E-state index in [2.05, 4.69) is 37.6 Å². The van der Waals surface area contributed by atoms with Gasteiger partial charge in [-0.3, -0.25) is 4.99 Å². The predicted molar refractivity (Wildman–Crippen MR) is 102 cm³/mol. The van der Waals surface area contributed by atoms with Gasteiger partial charge < -0.3 is 20.3 Å². The summed E-state index contributed by atoms with van der Waals surface area (Å²) in [6, 6.07) is 4.30. The maximum Gasteiger partial charge on any atom is 0.191 e. The number of aromatic nitrogens is 1. The van der Waals surface area contributed by atoms with Crippen molar-refractivity contribution in [2.75, 3.05) is 38.2 Å². The molecule has 6 heteroatoms. The Balaban J connectivity index is 1.45. The molecule has 1 atom stereocenters. The summed E-state index contributed by atoms with van der Waals surface area (Å²) < 4.78 is 5.63. The fraction of sp³-hybridized carbons (Fsp3) is 0.684. The minimum atomic E-state index is 0.313. The summed E-state index contributed by atoms with van der Waals surface area (Å²) in [7, 11) is 1.80. The lowest BCUT2D eigenvalue weighted by Gasteiger charge is -2.21. The first kappa shape index (κ1) is 18.0. The minimum absolute atomic E-state index is 0.313. The molecule has 0 saturated carbocycles. The van der Waals surface area contributed by atoms with Crippen LogP contribution in [0.5, 0.6) is 0 Å². The molecule has 0 amide bonds. The number of anilines is 1. The topological polar surface area (TPSA) is 61.8 Å². The van der Waals surface area contributed by atoms with Crippen molar-refractivity contribution in [3.8, 4) is 0 Å². The van der Waals surface area contributed by atoms with E-state index in [9.17, 15) is 0 Å². The lowest BCUT2D eigenvalue weighted by Crippen LogP contribution is -2.40. The van der Waals surface area contributed by atoms with Crippen LogP contribution in [0.2, 0.25) is 0 Å². The van der Waals surface area contributed by atoms with Crippen LogP contribution in [0.3, 0.4) is 0 Å². The second kappa shape index (κ2) is 9.61. The molecular formula is C19H31N5O. The number of nitrogens with zero attached hydrogens (tertiary/aromatic N) is 3. The molecule has 25 heavy (non-hydrogen) atoms. The van der Waals surface area contributed by atoms with Gasteiger partial charge in [0.15, 0.2) is 5.96 Å². The number of guanidine groups is 1. The molecule has 0 spiro atoms. The van der Waals surface area contributed by atoms with Gasteiger partial charge in [-0.25, -0.2) is 4.98 Å². The highest BCUT2D eigenvalue weighted by molar-refractivity contribution is 5.79. The number of hydrogen-bond acceptors (Lipinski definition) is 4. The molecule has 1 aromatic heterocycles. The van der Waals surface area contributed by atoms with Gasteiger partial charge >= 0.3 is 0 Å². The monoisotopic (exact) mass is 345 g/mol. The molecule has 1 aromatic rings. The van der Waals surface area contributed by atoms with Gasteiger partial charge in [-0.1, -0.05) is 18.9 Å². The Morgan fingerprint density at radius 1 is 1.20 bits per heavy atom. The highest BCUT2D eigenvalue weighted by Gasteiger charge is 2.15.